The van der Waals surface area contributed by atoms with Crippen LogP contribution in [-0.2, 0) is 13.2 Å². The van der Waals surface area contributed by atoms with Crippen LogP contribution in [0.5, 0.6) is 5.75 Å². The second-order valence-corrected chi connectivity index (χ2v) is 5.31. The number of benzene rings is 2. The Labute approximate surface area is 124 Å². The van der Waals surface area contributed by atoms with Crippen molar-refractivity contribution in [2.45, 2.75) is 26.2 Å². The first kappa shape index (κ1) is 13.7. The molecule has 3 aromatic rings. The van der Waals surface area contributed by atoms with Crippen LogP contribution in [0.4, 0.5) is 0 Å². The second-order valence-electron chi connectivity index (χ2n) is 5.31. The molecular weight excluding hydrogens is 262 g/mol. The van der Waals surface area contributed by atoms with Gasteiger partial charge in [-0.2, -0.15) is 0 Å². The molecule has 3 rings (SSSR count). The lowest BCUT2D eigenvalue weighted by atomic mass is 10.2. The van der Waals surface area contributed by atoms with Crippen molar-refractivity contribution in [1.29, 1.82) is 0 Å². The molecule has 0 amide bonds. The molecule has 1 aromatic heterocycles. The van der Waals surface area contributed by atoms with Crippen molar-refractivity contribution in [1.82, 2.24) is 4.57 Å². The standard InChI is InChI=1S/C18H19NO2/c1-14(20)12-19-10-9-16-7-8-17(11-18(16)19)21-13-15-5-3-2-4-6-15/h2-11,14,20H,12-13H2,1H3. The summed E-state index contributed by atoms with van der Waals surface area (Å²) >= 11 is 0. The lowest BCUT2D eigenvalue weighted by Crippen LogP contribution is -2.10. The Hall–Kier alpha value is -2.26. The van der Waals surface area contributed by atoms with E-state index in [1.54, 1.807) is 6.92 Å². The number of aromatic nitrogens is 1. The summed E-state index contributed by atoms with van der Waals surface area (Å²) in [5, 5.41) is 10.7. The van der Waals surface area contributed by atoms with E-state index in [9.17, 15) is 5.11 Å². The summed E-state index contributed by atoms with van der Waals surface area (Å²) in [4.78, 5) is 0. The van der Waals surface area contributed by atoms with Crippen molar-refractivity contribution in [3.05, 3.63) is 66.4 Å². The molecule has 0 aliphatic rings. The van der Waals surface area contributed by atoms with Gasteiger partial charge in [-0.15, -0.1) is 0 Å². The highest BCUT2D eigenvalue weighted by atomic mass is 16.5. The average molecular weight is 281 g/mol. The maximum absolute atomic E-state index is 9.55. The van der Waals surface area contributed by atoms with Crippen molar-refractivity contribution in [3.8, 4) is 5.75 Å². The van der Waals surface area contributed by atoms with Crippen LogP contribution in [0.2, 0.25) is 0 Å². The third-order valence-electron chi connectivity index (χ3n) is 3.45. The summed E-state index contributed by atoms with van der Waals surface area (Å²) in [7, 11) is 0. The van der Waals surface area contributed by atoms with Crippen molar-refractivity contribution < 1.29 is 9.84 Å². The first-order chi connectivity index (χ1) is 10.2. The van der Waals surface area contributed by atoms with Crippen LogP contribution in [0, 0.1) is 0 Å². The Balaban J connectivity index is 1.79. The lowest BCUT2D eigenvalue weighted by molar-refractivity contribution is 0.175. The predicted octanol–water partition coefficient (Wildman–Crippen LogP) is 3.60. The maximum atomic E-state index is 9.55. The van der Waals surface area contributed by atoms with Gasteiger partial charge in [-0.1, -0.05) is 30.3 Å². The highest BCUT2D eigenvalue weighted by Gasteiger charge is 2.05. The zero-order valence-corrected chi connectivity index (χ0v) is 12.1. The normalized spacial score (nSPS) is 12.5. The molecule has 3 heteroatoms. The van der Waals surface area contributed by atoms with Gasteiger partial charge in [0.05, 0.1) is 11.6 Å². The van der Waals surface area contributed by atoms with Gasteiger partial charge in [-0.3, -0.25) is 0 Å². The van der Waals surface area contributed by atoms with Crippen LogP contribution in [0.3, 0.4) is 0 Å². The SMILES string of the molecule is CC(O)Cn1ccc2ccc(OCc3ccccc3)cc21. The summed E-state index contributed by atoms with van der Waals surface area (Å²) in [6.45, 7) is 2.94. The minimum absolute atomic E-state index is 0.366. The monoisotopic (exact) mass is 281 g/mol. The van der Waals surface area contributed by atoms with Crippen LogP contribution in [0.15, 0.2) is 60.8 Å². The predicted molar refractivity (Wildman–Crippen MR) is 84.4 cm³/mol. The molecule has 1 heterocycles. The molecular formula is C18H19NO2. The third-order valence-corrected chi connectivity index (χ3v) is 3.45. The van der Waals surface area contributed by atoms with Gasteiger partial charge in [-0.25, -0.2) is 0 Å². The van der Waals surface area contributed by atoms with E-state index in [1.807, 2.05) is 42.6 Å². The van der Waals surface area contributed by atoms with Crippen molar-refractivity contribution in [2.24, 2.45) is 0 Å². The Bertz CT molecular complexity index is 716. The first-order valence-corrected chi connectivity index (χ1v) is 7.16. The van der Waals surface area contributed by atoms with Crippen molar-refractivity contribution in [3.63, 3.8) is 0 Å². The average Bonchev–Trinajstić information content (AvgIpc) is 2.88. The number of ether oxygens (including phenoxy) is 1. The summed E-state index contributed by atoms with van der Waals surface area (Å²) in [6, 6.07) is 18.2. The van der Waals surface area contributed by atoms with Gasteiger partial charge in [0.2, 0.25) is 0 Å². The molecule has 108 valence electrons. The van der Waals surface area contributed by atoms with E-state index < -0.39 is 0 Å². The molecule has 21 heavy (non-hydrogen) atoms. The fourth-order valence-electron chi connectivity index (χ4n) is 2.44. The number of rotatable bonds is 5. The summed E-state index contributed by atoms with van der Waals surface area (Å²) in [5.41, 5.74) is 2.23. The molecule has 0 spiro atoms. The van der Waals surface area contributed by atoms with E-state index in [4.69, 9.17) is 4.74 Å². The molecule has 0 fully saturated rings. The number of hydrogen-bond donors (Lipinski definition) is 1. The molecule has 1 atom stereocenters. The molecule has 0 aliphatic carbocycles. The summed E-state index contributed by atoms with van der Waals surface area (Å²) in [6.07, 6.45) is 1.63. The van der Waals surface area contributed by atoms with Crippen LogP contribution in [-0.4, -0.2) is 15.8 Å². The minimum atomic E-state index is -0.366. The van der Waals surface area contributed by atoms with E-state index in [-0.39, 0.29) is 6.10 Å². The van der Waals surface area contributed by atoms with E-state index in [0.717, 1.165) is 22.2 Å². The minimum Gasteiger partial charge on any atom is -0.489 e. The molecule has 0 aliphatic heterocycles. The van der Waals surface area contributed by atoms with Gasteiger partial charge in [0, 0.05) is 18.8 Å². The van der Waals surface area contributed by atoms with Crippen molar-refractivity contribution in [2.75, 3.05) is 0 Å². The number of nitrogens with zero attached hydrogens (tertiary/aromatic N) is 1. The Morgan fingerprint density at radius 1 is 1.10 bits per heavy atom. The molecule has 1 N–H and O–H groups in total. The Morgan fingerprint density at radius 2 is 1.90 bits per heavy atom. The van der Waals surface area contributed by atoms with Crippen LogP contribution >= 0.6 is 0 Å². The summed E-state index contributed by atoms with van der Waals surface area (Å²) < 4.78 is 7.90. The molecule has 3 nitrogen and oxygen atoms in total. The highest BCUT2D eigenvalue weighted by molar-refractivity contribution is 5.81. The molecule has 0 saturated heterocycles. The first-order valence-electron chi connectivity index (χ1n) is 7.16. The maximum Gasteiger partial charge on any atom is 0.121 e. The van der Waals surface area contributed by atoms with Gasteiger partial charge < -0.3 is 14.4 Å². The third kappa shape index (κ3) is 3.26. The lowest BCUT2D eigenvalue weighted by Gasteiger charge is -2.10. The zero-order valence-electron chi connectivity index (χ0n) is 12.1. The molecule has 2 aromatic carbocycles. The van der Waals surface area contributed by atoms with Gasteiger partial charge in [-0.05, 0) is 36.1 Å². The fraction of sp³-hybridized carbons (Fsp3) is 0.222. The highest BCUT2D eigenvalue weighted by Crippen LogP contribution is 2.23. The number of aliphatic hydroxyl groups is 1. The summed E-state index contributed by atoms with van der Waals surface area (Å²) in [5.74, 6) is 0.844. The van der Waals surface area contributed by atoms with Crippen LogP contribution in [0.25, 0.3) is 10.9 Å². The number of hydrogen-bond acceptors (Lipinski definition) is 2. The van der Waals surface area contributed by atoms with Gasteiger partial charge >= 0.3 is 0 Å². The topological polar surface area (TPSA) is 34.4 Å². The van der Waals surface area contributed by atoms with E-state index in [1.165, 1.54) is 0 Å². The number of fused-ring (bicyclic) bond motifs is 1. The fourth-order valence-corrected chi connectivity index (χ4v) is 2.44. The van der Waals surface area contributed by atoms with Crippen LogP contribution in [0.1, 0.15) is 12.5 Å². The molecule has 0 bridgehead atoms. The van der Waals surface area contributed by atoms with Gasteiger partial charge in [0.1, 0.15) is 12.4 Å². The van der Waals surface area contributed by atoms with E-state index in [2.05, 4.69) is 22.8 Å². The van der Waals surface area contributed by atoms with E-state index >= 15 is 0 Å². The molecule has 1 unspecified atom stereocenters. The van der Waals surface area contributed by atoms with Crippen LogP contribution < -0.4 is 4.74 Å². The van der Waals surface area contributed by atoms with Gasteiger partial charge in [0.15, 0.2) is 0 Å². The largest absolute Gasteiger partial charge is 0.489 e. The smallest absolute Gasteiger partial charge is 0.121 e. The quantitative estimate of drug-likeness (QED) is 0.775. The molecule has 0 radical (unpaired) electrons. The van der Waals surface area contributed by atoms with Gasteiger partial charge in [0.25, 0.3) is 0 Å². The van der Waals surface area contributed by atoms with Crippen molar-refractivity contribution >= 4 is 10.9 Å². The Kier molecular flexibility index (Phi) is 3.93. The second kappa shape index (κ2) is 6.02. The van der Waals surface area contributed by atoms with E-state index in [0.29, 0.717) is 13.2 Å². The zero-order chi connectivity index (χ0) is 14.7. The number of aliphatic hydroxyl groups excluding tert-OH is 1. The molecule has 0 saturated carbocycles. The Morgan fingerprint density at radius 3 is 2.67 bits per heavy atom.